The maximum absolute atomic E-state index is 12.1. The number of carbonyl (C=O) groups excluding carboxylic acids is 1. The average molecular weight is 295 g/mol. The van der Waals surface area contributed by atoms with Gasteiger partial charge in [-0.15, -0.1) is 11.3 Å². The predicted octanol–water partition coefficient (Wildman–Crippen LogP) is 2.05. The van der Waals surface area contributed by atoms with Crippen LogP contribution in [0.1, 0.15) is 43.2 Å². The molecule has 1 aliphatic heterocycles. The fourth-order valence-electron chi connectivity index (χ4n) is 2.99. The van der Waals surface area contributed by atoms with Gasteiger partial charge in [-0.3, -0.25) is 9.69 Å². The first-order valence-corrected chi connectivity index (χ1v) is 8.31. The lowest BCUT2D eigenvalue weighted by Gasteiger charge is -2.42. The third-order valence-corrected chi connectivity index (χ3v) is 5.25. The van der Waals surface area contributed by atoms with Crippen LogP contribution >= 0.6 is 11.3 Å². The molecule has 1 amide bonds. The van der Waals surface area contributed by atoms with Crippen molar-refractivity contribution in [3.8, 4) is 0 Å². The zero-order valence-corrected chi connectivity index (χ0v) is 13.4. The minimum Gasteiger partial charge on any atom is -0.353 e. The van der Waals surface area contributed by atoms with Gasteiger partial charge in [-0.05, 0) is 36.8 Å². The standard InChI is InChI=1S/C15H25N3OS/c1-4-11(16)13(14-10(3)6-9-20-14)18-8-7-17-15(19)12(18)5-2/h6,9,11-13H,4-5,7-8,16H2,1-3H3,(H,17,19). The summed E-state index contributed by atoms with van der Waals surface area (Å²) in [7, 11) is 0. The van der Waals surface area contributed by atoms with E-state index in [0.29, 0.717) is 6.54 Å². The number of aryl methyl sites for hydroxylation is 1. The number of thiophene rings is 1. The molecule has 1 aliphatic rings. The molecule has 1 fully saturated rings. The zero-order chi connectivity index (χ0) is 14.7. The minimum atomic E-state index is -0.0622. The van der Waals surface area contributed by atoms with Crippen LogP contribution in [0.5, 0.6) is 0 Å². The number of piperazine rings is 1. The first kappa shape index (κ1) is 15.5. The van der Waals surface area contributed by atoms with Crippen molar-refractivity contribution in [2.24, 2.45) is 5.73 Å². The van der Waals surface area contributed by atoms with Crippen LogP contribution in [0.4, 0.5) is 0 Å². The first-order valence-electron chi connectivity index (χ1n) is 7.43. The van der Waals surface area contributed by atoms with Crippen LogP contribution in [-0.4, -0.2) is 36.0 Å². The summed E-state index contributed by atoms with van der Waals surface area (Å²) in [5, 5.41) is 5.08. The molecular formula is C15H25N3OS. The number of nitrogens with zero attached hydrogens (tertiary/aromatic N) is 1. The Hall–Kier alpha value is -0.910. The van der Waals surface area contributed by atoms with E-state index in [9.17, 15) is 4.79 Å². The second-order valence-electron chi connectivity index (χ2n) is 5.44. The quantitative estimate of drug-likeness (QED) is 0.874. The highest BCUT2D eigenvalue weighted by atomic mass is 32.1. The van der Waals surface area contributed by atoms with Gasteiger partial charge < -0.3 is 11.1 Å². The SMILES string of the molecule is CCC(N)C(c1sccc1C)N1CCNC(=O)C1CC. The molecule has 4 nitrogen and oxygen atoms in total. The Balaban J connectivity index is 2.35. The van der Waals surface area contributed by atoms with Gasteiger partial charge in [-0.1, -0.05) is 13.8 Å². The summed E-state index contributed by atoms with van der Waals surface area (Å²) in [6, 6.07) is 2.29. The van der Waals surface area contributed by atoms with Crippen LogP contribution in [0.3, 0.4) is 0 Å². The Kier molecular flexibility index (Phi) is 5.18. The maximum Gasteiger partial charge on any atom is 0.237 e. The number of nitrogens with one attached hydrogen (secondary N) is 1. The molecule has 0 aromatic carbocycles. The molecular weight excluding hydrogens is 270 g/mol. The normalized spacial score (nSPS) is 23.4. The monoisotopic (exact) mass is 295 g/mol. The van der Waals surface area contributed by atoms with Gasteiger partial charge in [0.2, 0.25) is 5.91 Å². The Morgan fingerprint density at radius 2 is 2.30 bits per heavy atom. The first-order chi connectivity index (χ1) is 9.60. The molecule has 1 aromatic rings. The van der Waals surface area contributed by atoms with E-state index in [1.54, 1.807) is 11.3 Å². The van der Waals surface area contributed by atoms with Crippen LogP contribution < -0.4 is 11.1 Å². The Morgan fingerprint density at radius 3 is 2.85 bits per heavy atom. The second-order valence-corrected chi connectivity index (χ2v) is 6.39. The molecule has 0 spiro atoms. The highest BCUT2D eigenvalue weighted by Gasteiger charge is 2.37. The number of hydrogen-bond donors (Lipinski definition) is 2. The highest BCUT2D eigenvalue weighted by Crippen LogP contribution is 2.34. The topological polar surface area (TPSA) is 58.4 Å². The summed E-state index contributed by atoms with van der Waals surface area (Å²) in [4.78, 5) is 15.7. The summed E-state index contributed by atoms with van der Waals surface area (Å²) in [5.41, 5.74) is 7.69. The van der Waals surface area contributed by atoms with Gasteiger partial charge in [-0.25, -0.2) is 0 Å². The molecule has 0 radical (unpaired) electrons. The molecule has 5 heteroatoms. The number of rotatable bonds is 5. The summed E-state index contributed by atoms with van der Waals surface area (Å²) in [6.45, 7) is 7.91. The van der Waals surface area contributed by atoms with Gasteiger partial charge in [0, 0.05) is 24.0 Å². The molecule has 1 saturated heterocycles. The lowest BCUT2D eigenvalue weighted by molar-refractivity contribution is -0.130. The zero-order valence-electron chi connectivity index (χ0n) is 12.6. The van der Waals surface area contributed by atoms with Gasteiger partial charge in [0.1, 0.15) is 0 Å². The Bertz CT molecular complexity index is 460. The van der Waals surface area contributed by atoms with Gasteiger partial charge in [0.25, 0.3) is 0 Å². The van der Waals surface area contributed by atoms with Crippen molar-refractivity contribution in [3.63, 3.8) is 0 Å². The summed E-state index contributed by atoms with van der Waals surface area (Å²) >= 11 is 1.76. The van der Waals surface area contributed by atoms with Crippen molar-refractivity contribution in [2.75, 3.05) is 13.1 Å². The number of nitrogens with two attached hydrogens (primary N) is 1. The van der Waals surface area contributed by atoms with Crippen molar-refractivity contribution in [3.05, 3.63) is 21.9 Å². The smallest absolute Gasteiger partial charge is 0.237 e. The van der Waals surface area contributed by atoms with Crippen LogP contribution in [-0.2, 0) is 4.79 Å². The van der Waals surface area contributed by atoms with Crippen molar-refractivity contribution in [1.82, 2.24) is 10.2 Å². The highest BCUT2D eigenvalue weighted by molar-refractivity contribution is 7.10. The Morgan fingerprint density at radius 1 is 1.55 bits per heavy atom. The molecule has 2 rings (SSSR count). The molecule has 3 unspecified atom stereocenters. The predicted molar refractivity (Wildman–Crippen MR) is 83.9 cm³/mol. The van der Waals surface area contributed by atoms with Crippen molar-refractivity contribution >= 4 is 17.2 Å². The molecule has 2 heterocycles. The Labute approximate surface area is 125 Å². The molecule has 3 N–H and O–H groups in total. The number of carbonyl (C=O) groups is 1. The van der Waals surface area contributed by atoms with Crippen molar-refractivity contribution < 1.29 is 4.79 Å². The van der Waals surface area contributed by atoms with E-state index in [-0.39, 0.29) is 24.0 Å². The van der Waals surface area contributed by atoms with E-state index in [1.165, 1.54) is 10.4 Å². The van der Waals surface area contributed by atoms with Gasteiger partial charge in [0.15, 0.2) is 0 Å². The minimum absolute atomic E-state index is 0.0622. The van der Waals surface area contributed by atoms with Gasteiger partial charge >= 0.3 is 0 Å². The summed E-state index contributed by atoms with van der Waals surface area (Å²) in [6.07, 6.45) is 1.74. The molecule has 3 atom stereocenters. The second kappa shape index (κ2) is 6.70. The third-order valence-electron chi connectivity index (χ3n) is 4.16. The van der Waals surface area contributed by atoms with Crippen LogP contribution in [0.25, 0.3) is 0 Å². The third kappa shape index (κ3) is 2.90. The molecule has 0 aliphatic carbocycles. The summed E-state index contributed by atoms with van der Waals surface area (Å²) < 4.78 is 0. The van der Waals surface area contributed by atoms with E-state index < -0.39 is 0 Å². The summed E-state index contributed by atoms with van der Waals surface area (Å²) in [5.74, 6) is 0.140. The lowest BCUT2D eigenvalue weighted by Crippen LogP contribution is -2.58. The average Bonchev–Trinajstić information content (AvgIpc) is 2.85. The van der Waals surface area contributed by atoms with Crippen LogP contribution in [0, 0.1) is 6.92 Å². The molecule has 1 aromatic heterocycles. The van der Waals surface area contributed by atoms with Gasteiger partial charge in [0.05, 0.1) is 12.1 Å². The fraction of sp³-hybridized carbons (Fsp3) is 0.667. The van der Waals surface area contributed by atoms with E-state index in [4.69, 9.17) is 5.73 Å². The molecule has 0 saturated carbocycles. The van der Waals surface area contributed by atoms with Crippen LogP contribution in [0.15, 0.2) is 11.4 Å². The molecule has 112 valence electrons. The molecule has 20 heavy (non-hydrogen) atoms. The lowest BCUT2D eigenvalue weighted by atomic mass is 9.96. The van der Waals surface area contributed by atoms with Crippen molar-refractivity contribution in [1.29, 1.82) is 0 Å². The van der Waals surface area contributed by atoms with E-state index in [1.807, 2.05) is 0 Å². The van der Waals surface area contributed by atoms with E-state index >= 15 is 0 Å². The van der Waals surface area contributed by atoms with Gasteiger partial charge in [-0.2, -0.15) is 0 Å². The molecule has 0 bridgehead atoms. The maximum atomic E-state index is 12.1. The van der Waals surface area contributed by atoms with E-state index in [0.717, 1.165) is 19.4 Å². The van der Waals surface area contributed by atoms with Crippen LogP contribution in [0.2, 0.25) is 0 Å². The number of hydrogen-bond acceptors (Lipinski definition) is 4. The number of amides is 1. The fourth-order valence-corrected chi connectivity index (χ4v) is 4.11. The van der Waals surface area contributed by atoms with E-state index in [2.05, 4.69) is 42.4 Å². The largest absolute Gasteiger partial charge is 0.353 e. The van der Waals surface area contributed by atoms with Crippen molar-refractivity contribution in [2.45, 2.75) is 51.7 Å².